The van der Waals surface area contributed by atoms with Crippen molar-refractivity contribution in [2.24, 2.45) is 0 Å². The minimum absolute atomic E-state index is 0.00701. The number of ether oxygens (including phenoxy) is 1. The van der Waals surface area contributed by atoms with Crippen molar-refractivity contribution in [3.63, 3.8) is 0 Å². The van der Waals surface area contributed by atoms with Gasteiger partial charge in [-0.05, 0) is 44.0 Å². The van der Waals surface area contributed by atoms with Crippen LogP contribution in [0.15, 0.2) is 29.2 Å². The second-order valence-corrected chi connectivity index (χ2v) is 6.51. The zero-order chi connectivity index (χ0) is 15.4. The van der Waals surface area contributed by atoms with E-state index >= 15 is 0 Å². The van der Waals surface area contributed by atoms with Gasteiger partial charge in [0.05, 0.1) is 11.0 Å². The first-order valence-corrected chi connectivity index (χ1v) is 8.29. The van der Waals surface area contributed by atoms with Gasteiger partial charge in [0.1, 0.15) is 10.1 Å². The van der Waals surface area contributed by atoms with Crippen LogP contribution in [0.25, 0.3) is 6.08 Å². The monoisotopic (exact) mass is 321 g/mol. The van der Waals surface area contributed by atoms with Crippen LogP contribution in [-0.4, -0.2) is 27.8 Å². The third kappa shape index (κ3) is 3.86. The van der Waals surface area contributed by atoms with Crippen LogP contribution in [-0.2, 0) is 4.79 Å². The van der Waals surface area contributed by atoms with Crippen molar-refractivity contribution in [1.82, 2.24) is 4.90 Å². The molecule has 1 aromatic rings. The Morgan fingerprint density at radius 2 is 2.00 bits per heavy atom. The van der Waals surface area contributed by atoms with Gasteiger partial charge < -0.3 is 4.74 Å². The van der Waals surface area contributed by atoms with E-state index in [2.05, 4.69) is 6.92 Å². The summed E-state index contributed by atoms with van der Waals surface area (Å²) >= 11 is 6.56. The Hall–Kier alpha value is -1.33. The summed E-state index contributed by atoms with van der Waals surface area (Å²) in [4.78, 5) is 14.4. The largest absolute Gasteiger partial charge is 0.491 e. The van der Waals surface area contributed by atoms with Crippen molar-refractivity contribution < 1.29 is 9.53 Å². The minimum atomic E-state index is -0.00701. The molecule has 5 heteroatoms. The van der Waals surface area contributed by atoms with E-state index in [1.807, 2.05) is 44.2 Å². The standard InChI is InChI=1S/C16H19NO2S2/c1-4-11(3)19-13-8-6-12(7-9-13)10-14-15(18)17(5-2)16(20)21-14/h6-11H,4-5H2,1-3H3/b14-10+/t11-/m0/s1. The van der Waals surface area contributed by atoms with Crippen molar-refractivity contribution in [3.05, 3.63) is 34.7 Å². The molecule has 21 heavy (non-hydrogen) atoms. The van der Waals surface area contributed by atoms with E-state index in [1.54, 1.807) is 4.90 Å². The minimum Gasteiger partial charge on any atom is -0.491 e. The topological polar surface area (TPSA) is 29.5 Å². The summed E-state index contributed by atoms with van der Waals surface area (Å²) in [6, 6.07) is 7.77. The molecule has 0 radical (unpaired) electrons. The lowest BCUT2D eigenvalue weighted by molar-refractivity contribution is -0.121. The number of amides is 1. The fourth-order valence-electron chi connectivity index (χ4n) is 1.88. The predicted molar refractivity (Wildman–Crippen MR) is 92.4 cm³/mol. The average Bonchev–Trinajstić information content (AvgIpc) is 2.74. The third-order valence-corrected chi connectivity index (χ3v) is 4.66. The van der Waals surface area contributed by atoms with Gasteiger partial charge in [-0.15, -0.1) is 0 Å². The second kappa shape index (κ2) is 7.09. The van der Waals surface area contributed by atoms with Crippen LogP contribution < -0.4 is 4.74 Å². The second-order valence-electron chi connectivity index (χ2n) is 4.83. The number of nitrogens with zero attached hydrogens (tertiary/aromatic N) is 1. The lowest BCUT2D eigenvalue weighted by Gasteiger charge is -2.12. The Balaban J connectivity index is 2.11. The van der Waals surface area contributed by atoms with Gasteiger partial charge in [0.2, 0.25) is 0 Å². The first-order valence-electron chi connectivity index (χ1n) is 7.07. The van der Waals surface area contributed by atoms with Crippen molar-refractivity contribution in [2.75, 3.05) is 6.54 Å². The summed E-state index contributed by atoms with van der Waals surface area (Å²) in [6.07, 6.45) is 3.06. The van der Waals surface area contributed by atoms with Crippen molar-refractivity contribution in [3.8, 4) is 5.75 Å². The maximum Gasteiger partial charge on any atom is 0.266 e. The van der Waals surface area contributed by atoms with Gasteiger partial charge in [-0.1, -0.05) is 43.0 Å². The number of carbonyl (C=O) groups excluding carboxylic acids is 1. The molecule has 1 amide bonds. The molecule has 1 aliphatic heterocycles. The summed E-state index contributed by atoms with van der Waals surface area (Å²) in [7, 11) is 0. The van der Waals surface area contributed by atoms with Gasteiger partial charge >= 0.3 is 0 Å². The highest BCUT2D eigenvalue weighted by atomic mass is 32.2. The Morgan fingerprint density at radius 3 is 2.52 bits per heavy atom. The van der Waals surface area contributed by atoms with Crippen LogP contribution in [0.3, 0.4) is 0 Å². The first-order chi connectivity index (χ1) is 10.0. The molecule has 0 bridgehead atoms. The van der Waals surface area contributed by atoms with E-state index in [-0.39, 0.29) is 12.0 Å². The number of carbonyl (C=O) groups is 1. The highest BCUT2D eigenvalue weighted by molar-refractivity contribution is 8.26. The Bertz CT molecular complexity index is 566. The lowest BCUT2D eigenvalue weighted by atomic mass is 10.2. The van der Waals surface area contributed by atoms with Gasteiger partial charge in [-0.3, -0.25) is 9.69 Å². The number of hydrogen-bond acceptors (Lipinski definition) is 4. The fraction of sp³-hybridized carbons (Fsp3) is 0.375. The van der Waals surface area contributed by atoms with E-state index in [0.29, 0.717) is 15.8 Å². The SMILES string of the molecule is CC[C@H](C)Oc1ccc(/C=C2/SC(=S)N(CC)C2=O)cc1. The Morgan fingerprint density at radius 1 is 1.33 bits per heavy atom. The molecular formula is C16H19NO2S2. The van der Waals surface area contributed by atoms with Crippen LogP contribution in [0, 0.1) is 0 Å². The molecule has 1 aromatic carbocycles. The van der Waals surface area contributed by atoms with E-state index in [4.69, 9.17) is 17.0 Å². The normalized spacial score (nSPS) is 18.4. The van der Waals surface area contributed by atoms with Crippen LogP contribution in [0.2, 0.25) is 0 Å². The van der Waals surface area contributed by atoms with Crippen LogP contribution in [0.1, 0.15) is 32.8 Å². The summed E-state index contributed by atoms with van der Waals surface area (Å²) in [5.74, 6) is 0.843. The van der Waals surface area contributed by atoms with Gasteiger partial charge in [-0.25, -0.2) is 0 Å². The number of benzene rings is 1. The highest BCUT2D eigenvalue weighted by Gasteiger charge is 2.30. The quantitative estimate of drug-likeness (QED) is 0.603. The molecule has 1 aliphatic rings. The molecule has 1 atom stereocenters. The van der Waals surface area contributed by atoms with Crippen molar-refractivity contribution in [1.29, 1.82) is 0 Å². The molecule has 0 aliphatic carbocycles. The van der Waals surface area contributed by atoms with Gasteiger partial charge in [-0.2, -0.15) is 0 Å². The Labute approximate surface area is 135 Å². The maximum atomic E-state index is 12.1. The third-order valence-electron chi connectivity index (χ3n) is 3.28. The number of thioether (sulfide) groups is 1. The summed E-state index contributed by atoms with van der Waals surface area (Å²) in [5.41, 5.74) is 0.975. The molecular weight excluding hydrogens is 302 g/mol. The fourth-order valence-corrected chi connectivity index (χ4v) is 3.27. The molecule has 3 nitrogen and oxygen atoms in total. The summed E-state index contributed by atoms with van der Waals surface area (Å²) in [5, 5.41) is 0. The van der Waals surface area contributed by atoms with Gasteiger partial charge in [0, 0.05) is 6.54 Å². The van der Waals surface area contributed by atoms with E-state index in [9.17, 15) is 4.79 Å². The number of rotatable bonds is 5. The Kier molecular flexibility index (Phi) is 5.42. The molecule has 1 saturated heterocycles. The lowest BCUT2D eigenvalue weighted by Crippen LogP contribution is -2.27. The predicted octanol–water partition coefficient (Wildman–Crippen LogP) is 4.09. The molecule has 2 rings (SSSR count). The summed E-state index contributed by atoms with van der Waals surface area (Å²) < 4.78 is 6.37. The molecule has 112 valence electrons. The zero-order valence-electron chi connectivity index (χ0n) is 12.5. The maximum absolute atomic E-state index is 12.1. The van der Waals surface area contributed by atoms with Crippen molar-refractivity contribution in [2.45, 2.75) is 33.3 Å². The molecule has 0 aromatic heterocycles. The smallest absolute Gasteiger partial charge is 0.266 e. The van der Waals surface area contributed by atoms with E-state index < -0.39 is 0 Å². The highest BCUT2D eigenvalue weighted by Crippen LogP contribution is 2.32. The zero-order valence-corrected chi connectivity index (χ0v) is 14.1. The van der Waals surface area contributed by atoms with Crippen LogP contribution in [0.5, 0.6) is 5.75 Å². The molecule has 1 heterocycles. The summed E-state index contributed by atoms with van der Waals surface area (Å²) in [6.45, 7) is 6.68. The van der Waals surface area contributed by atoms with E-state index in [0.717, 1.165) is 17.7 Å². The first kappa shape index (κ1) is 16.0. The molecule has 0 spiro atoms. The average molecular weight is 321 g/mol. The number of likely N-dealkylation sites (N-methyl/N-ethyl adjacent to an activating group) is 1. The number of thiocarbonyl (C=S) groups is 1. The molecule has 1 fully saturated rings. The van der Waals surface area contributed by atoms with E-state index in [1.165, 1.54) is 11.8 Å². The van der Waals surface area contributed by atoms with Gasteiger partial charge in [0.15, 0.2) is 0 Å². The number of hydrogen-bond donors (Lipinski definition) is 0. The van der Waals surface area contributed by atoms with Crippen molar-refractivity contribution >= 4 is 40.3 Å². The molecule has 0 N–H and O–H groups in total. The molecule has 0 saturated carbocycles. The molecule has 0 unspecified atom stereocenters. The van der Waals surface area contributed by atoms with Gasteiger partial charge in [0.25, 0.3) is 5.91 Å². The van der Waals surface area contributed by atoms with Crippen LogP contribution in [0.4, 0.5) is 0 Å². The van der Waals surface area contributed by atoms with Crippen LogP contribution >= 0.6 is 24.0 Å².